The van der Waals surface area contributed by atoms with Crippen molar-refractivity contribution in [2.75, 3.05) is 11.4 Å². The Labute approximate surface area is 199 Å². The van der Waals surface area contributed by atoms with Gasteiger partial charge in [-0.1, -0.05) is 41.9 Å². The highest BCUT2D eigenvalue weighted by atomic mass is 35.5. The normalized spacial score (nSPS) is 16.2. The van der Waals surface area contributed by atoms with Crippen molar-refractivity contribution in [3.8, 4) is 0 Å². The van der Waals surface area contributed by atoms with E-state index >= 15 is 0 Å². The van der Waals surface area contributed by atoms with Crippen LogP contribution >= 0.6 is 11.6 Å². The van der Waals surface area contributed by atoms with E-state index in [4.69, 9.17) is 16.6 Å². The fraction of sp³-hybridized carbons (Fsp3) is 0.286. The maximum atomic E-state index is 13.0. The molecule has 4 nitrogen and oxygen atoms in total. The van der Waals surface area contributed by atoms with Crippen LogP contribution in [0, 0.1) is 27.7 Å². The van der Waals surface area contributed by atoms with Gasteiger partial charge in [0.2, 0.25) is 5.91 Å². The van der Waals surface area contributed by atoms with Crippen LogP contribution in [0.15, 0.2) is 54.6 Å². The number of carbonyl (C=O) groups is 1. The summed E-state index contributed by atoms with van der Waals surface area (Å²) in [6.07, 6.45) is 0.430. The fourth-order valence-corrected chi connectivity index (χ4v) is 5.29. The first-order chi connectivity index (χ1) is 15.8. The average molecular weight is 458 g/mol. The summed E-state index contributed by atoms with van der Waals surface area (Å²) in [7, 11) is 0. The zero-order valence-electron chi connectivity index (χ0n) is 19.5. The Kier molecular flexibility index (Phi) is 5.49. The molecule has 0 radical (unpaired) electrons. The molecule has 1 aliphatic heterocycles. The molecule has 0 spiro atoms. The van der Waals surface area contributed by atoms with Crippen LogP contribution in [0.3, 0.4) is 0 Å². The Bertz CT molecular complexity index is 1360. The molecule has 5 rings (SSSR count). The molecule has 0 aliphatic carbocycles. The van der Waals surface area contributed by atoms with Gasteiger partial charge in [0, 0.05) is 25.4 Å². The van der Waals surface area contributed by atoms with Crippen LogP contribution in [-0.4, -0.2) is 22.0 Å². The van der Waals surface area contributed by atoms with E-state index in [-0.39, 0.29) is 11.8 Å². The van der Waals surface area contributed by atoms with Crippen molar-refractivity contribution in [2.45, 2.75) is 46.6 Å². The third-order valence-corrected chi connectivity index (χ3v) is 7.47. The van der Waals surface area contributed by atoms with Crippen molar-refractivity contribution in [3.05, 3.63) is 93.3 Å². The van der Waals surface area contributed by atoms with Gasteiger partial charge in [-0.15, -0.1) is 0 Å². The predicted molar refractivity (Wildman–Crippen MR) is 135 cm³/mol. The number of benzene rings is 3. The average Bonchev–Trinajstić information content (AvgIpc) is 3.36. The summed E-state index contributed by atoms with van der Waals surface area (Å²) < 4.78 is 2.32. The number of carbonyl (C=O) groups excluding carboxylic acids is 1. The Morgan fingerprint density at radius 1 is 0.970 bits per heavy atom. The molecule has 4 aromatic rings. The molecule has 33 heavy (non-hydrogen) atoms. The molecule has 0 bridgehead atoms. The van der Waals surface area contributed by atoms with Gasteiger partial charge < -0.3 is 9.47 Å². The quantitative estimate of drug-likeness (QED) is 0.351. The first-order valence-corrected chi connectivity index (χ1v) is 11.8. The van der Waals surface area contributed by atoms with Crippen LogP contribution in [0.4, 0.5) is 5.69 Å². The van der Waals surface area contributed by atoms with Gasteiger partial charge in [-0.3, -0.25) is 4.79 Å². The van der Waals surface area contributed by atoms with Crippen molar-refractivity contribution >= 4 is 34.2 Å². The molecule has 3 aromatic carbocycles. The van der Waals surface area contributed by atoms with Crippen LogP contribution < -0.4 is 4.90 Å². The van der Waals surface area contributed by atoms with E-state index < -0.39 is 0 Å². The highest BCUT2D eigenvalue weighted by molar-refractivity contribution is 6.33. The number of para-hydroxylation sites is 3. The Morgan fingerprint density at radius 2 is 1.64 bits per heavy atom. The Balaban J connectivity index is 1.59. The third-order valence-electron chi connectivity index (χ3n) is 7.16. The van der Waals surface area contributed by atoms with Gasteiger partial charge >= 0.3 is 0 Å². The van der Waals surface area contributed by atoms with Crippen molar-refractivity contribution in [2.24, 2.45) is 0 Å². The van der Waals surface area contributed by atoms with E-state index in [1.54, 1.807) is 0 Å². The highest BCUT2D eigenvalue weighted by Gasteiger charge is 2.35. The predicted octanol–water partition coefficient (Wildman–Crippen LogP) is 6.49. The van der Waals surface area contributed by atoms with E-state index in [1.165, 1.54) is 27.8 Å². The van der Waals surface area contributed by atoms with E-state index in [0.29, 0.717) is 18.0 Å². The summed E-state index contributed by atoms with van der Waals surface area (Å²) in [4.78, 5) is 19.9. The zero-order chi connectivity index (χ0) is 23.3. The second-order valence-electron chi connectivity index (χ2n) is 9.14. The first-order valence-electron chi connectivity index (χ1n) is 11.4. The molecule has 5 heteroatoms. The lowest BCUT2D eigenvalue weighted by Crippen LogP contribution is -2.25. The number of hydrogen-bond acceptors (Lipinski definition) is 2. The molecule has 1 saturated heterocycles. The third kappa shape index (κ3) is 3.72. The van der Waals surface area contributed by atoms with Crippen molar-refractivity contribution in [3.63, 3.8) is 0 Å². The van der Waals surface area contributed by atoms with E-state index in [9.17, 15) is 4.79 Å². The lowest BCUT2D eigenvalue weighted by Gasteiger charge is -2.20. The number of hydrogen-bond donors (Lipinski definition) is 0. The summed E-state index contributed by atoms with van der Waals surface area (Å²) in [5.74, 6) is 1.07. The highest BCUT2D eigenvalue weighted by Crippen LogP contribution is 2.36. The molecule has 1 atom stereocenters. The fourth-order valence-electron chi connectivity index (χ4n) is 5.05. The summed E-state index contributed by atoms with van der Waals surface area (Å²) in [6, 6.07) is 18.1. The van der Waals surface area contributed by atoms with Gasteiger partial charge in [0.05, 0.1) is 21.7 Å². The number of nitrogens with zero attached hydrogens (tertiary/aromatic N) is 3. The number of fused-ring (bicyclic) bond motifs is 1. The monoisotopic (exact) mass is 457 g/mol. The standard InChI is InChI=1S/C28H28ClN3O/c1-17-13-18(2)20(4)22(19(17)3)16-32-26-12-8-6-10-24(26)30-28(32)21-14-27(33)31(15-21)25-11-7-5-9-23(25)29/h5-13,21H,14-16H2,1-4H3. The van der Waals surface area contributed by atoms with Gasteiger partial charge in [-0.05, 0) is 79.8 Å². The number of anilines is 1. The summed E-state index contributed by atoms with van der Waals surface area (Å²) in [5.41, 5.74) is 9.44. The van der Waals surface area contributed by atoms with Crippen LogP contribution in [0.5, 0.6) is 0 Å². The lowest BCUT2D eigenvalue weighted by atomic mass is 9.94. The van der Waals surface area contributed by atoms with E-state index in [1.807, 2.05) is 35.2 Å². The van der Waals surface area contributed by atoms with Gasteiger partial charge in [0.1, 0.15) is 5.82 Å². The minimum absolute atomic E-state index is 0.00712. The van der Waals surface area contributed by atoms with E-state index in [0.717, 1.165) is 29.1 Å². The molecule has 1 amide bonds. The van der Waals surface area contributed by atoms with Crippen molar-refractivity contribution in [1.29, 1.82) is 0 Å². The number of imidazole rings is 1. The van der Waals surface area contributed by atoms with Crippen LogP contribution in [0.2, 0.25) is 5.02 Å². The Hall–Kier alpha value is -3.11. The number of rotatable bonds is 4. The van der Waals surface area contributed by atoms with Crippen LogP contribution in [0.1, 0.15) is 46.0 Å². The maximum absolute atomic E-state index is 13.0. The Morgan fingerprint density at radius 3 is 2.36 bits per heavy atom. The molecule has 0 saturated carbocycles. The molecule has 1 fully saturated rings. The van der Waals surface area contributed by atoms with Gasteiger partial charge in [-0.25, -0.2) is 4.98 Å². The van der Waals surface area contributed by atoms with E-state index in [2.05, 4.69) is 56.5 Å². The van der Waals surface area contributed by atoms with Gasteiger partial charge in [0.15, 0.2) is 0 Å². The van der Waals surface area contributed by atoms with Crippen molar-refractivity contribution in [1.82, 2.24) is 9.55 Å². The lowest BCUT2D eigenvalue weighted by molar-refractivity contribution is -0.117. The molecule has 2 heterocycles. The molecular formula is C28H28ClN3O. The zero-order valence-corrected chi connectivity index (χ0v) is 20.3. The number of amides is 1. The summed E-state index contributed by atoms with van der Waals surface area (Å²) >= 11 is 6.42. The molecule has 1 aromatic heterocycles. The molecular weight excluding hydrogens is 430 g/mol. The van der Waals surface area contributed by atoms with Gasteiger partial charge in [-0.2, -0.15) is 0 Å². The summed E-state index contributed by atoms with van der Waals surface area (Å²) in [6.45, 7) is 10.1. The summed E-state index contributed by atoms with van der Waals surface area (Å²) in [5, 5.41) is 0.599. The van der Waals surface area contributed by atoms with Crippen LogP contribution in [0.25, 0.3) is 11.0 Å². The SMILES string of the molecule is Cc1cc(C)c(C)c(Cn2c(C3CC(=O)N(c4ccccc4Cl)C3)nc3ccccc32)c1C. The second kappa shape index (κ2) is 8.35. The minimum atomic E-state index is 0.00712. The molecule has 1 unspecified atom stereocenters. The largest absolute Gasteiger partial charge is 0.323 e. The molecule has 1 aliphatic rings. The number of aromatic nitrogens is 2. The van der Waals surface area contributed by atoms with Gasteiger partial charge in [0.25, 0.3) is 0 Å². The number of halogens is 1. The molecule has 0 N–H and O–H groups in total. The smallest absolute Gasteiger partial charge is 0.227 e. The molecule has 168 valence electrons. The topological polar surface area (TPSA) is 38.1 Å². The number of aryl methyl sites for hydroxylation is 2. The van der Waals surface area contributed by atoms with Crippen molar-refractivity contribution < 1.29 is 4.79 Å². The maximum Gasteiger partial charge on any atom is 0.227 e. The van der Waals surface area contributed by atoms with Crippen LogP contribution in [-0.2, 0) is 11.3 Å². The second-order valence-corrected chi connectivity index (χ2v) is 9.55. The minimum Gasteiger partial charge on any atom is -0.323 e. The first kappa shape index (κ1) is 21.7.